The molecule has 0 atom stereocenters. The van der Waals surface area contributed by atoms with E-state index in [9.17, 15) is 4.79 Å². The molecule has 0 bridgehead atoms. The summed E-state index contributed by atoms with van der Waals surface area (Å²) in [5, 5.41) is 0. The van der Waals surface area contributed by atoms with E-state index in [-0.39, 0.29) is 18.0 Å². The first-order valence-corrected chi connectivity index (χ1v) is 17.5. The van der Waals surface area contributed by atoms with E-state index in [1.54, 1.807) is 0 Å². The number of hydrogen-bond donors (Lipinski definition) is 0. The van der Waals surface area contributed by atoms with Gasteiger partial charge in [-0.25, -0.2) is 9.78 Å². The van der Waals surface area contributed by atoms with Crippen LogP contribution >= 0.6 is 0 Å². The third-order valence-electron chi connectivity index (χ3n) is 10.0. The number of carbonyl (C=O) groups excluding carboxylic acids is 1. The lowest BCUT2D eigenvalue weighted by atomic mass is 9.72. The molecule has 0 saturated heterocycles. The van der Waals surface area contributed by atoms with Crippen LogP contribution in [0.25, 0.3) is 0 Å². The summed E-state index contributed by atoms with van der Waals surface area (Å²) in [7, 11) is 0. The molecule has 4 rings (SSSR count). The molecule has 43 heavy (non-hydrogen) atoms. The summed E-state index contributed by atoms with van der Waals surface area (Å²) in [5.74, 6) is 3.16. The van der Waals surface area contributed by atoms with Crippen molar-refractivity contribution in [3.8, 4) is 5.75 Å². The molecule has 0 unspecified atom stereocenters. The Labute approximate surface area is 261 Å². The van der Waals surface area contributed by atoms with Crippen molar-refractivity contribution in [2.75, 3.05) is 26.4 Å². The molecule has 1 aromatic rings. The van der Waals surface area contributed by atoms with Gasteiger partial charge in [0, 0.05) is 6.61 Å². The SMILES string of the molecule is [CH2+][CH-]CCOOCC1CCC(C(=O)OC2CCC(C3CCC(OCCCCCCOc4ccc(C)cc4)CC3)CC2)CC1. The van der Waals surface area contributed by atoms with Crippen LogP contribution in [0.5, 0.6) is 5.75 Å². The molecular formula is C37H58O6. The lowest BCUT2D eigenvalue weighted by Gasteiger charge is -2.38. The number of benzene rings is 1. The van der Waals surface area contributed by atoms with Crippen molar-refractivity contribution in [3.63, 3.8) is 0 Å². The fourth-order valence-corrected chi connectivity index (χ4v) is 7.20. The molecule has 3 saturated carbocycles. The summed E-state index contributed by atoms with van der Waals surface area (Å²) >= 11 is 0. The molecule has 0 amide bonds. The van der Waals surface area contributed by atoms with Crippen molar-refractivity contribution >= 4 is 5.97 Å². The second-order valence-corrected chi connectivity index (χ2v) is 13.4. The van der Waals surface area contributed by atoms with E-state index in [0.29, 0.717) is 25.2 Å². The third kappa shape index (κ3) is 12.6. The summed E-state index contributed by atoms with van der Waals surface area (Å²) in [6.07, 6.45) is 21.2. The van der Waals surface area contributed by atoms with Gasteiger partial charge in [0.2, 0.25) is 0 Å². The standard InChI is InChI=1S/C37H58O6/c1-3-4-27-41-42-28-30-11-13-33(14-12-30)37(38)43-36-23-17-32(18-24-36)31-15-21-35(22-16-31)40-26-8-6-5-7-25-39-34-19-9-29(2)10-20-34/h3,9-10,19-20,30-33,35-36H,1,4-8,11-18,21-28H2,2H3. The molecule has 242 valence electrons. The highest BCUT2D eigenvalue weighted by atomic mass is 17.2. The second-order valence-electron chi connectivity index (χ2n) is 13.4. The summed E-state index contributed by atoms with van der Waals surface area (Å²) < 4.78 is 18.1. The van der Waals surface area contributed by atoms with Gasteiger partial charge in [-0.1, -0.05) is 31.0 Å². The second kappa shape index (κ2) is 19.6. The number of rotatable bonds is 18. The van der Waals surface area contributed by atoms with Crippen molar-refractivity contribution < 1.29 is 28.8 Å². The van der Waals surface area contributed by atoms with E-state index in [1.165, 1.54) is 56.9 Å². The fraction of sp³-hybridized carbons (Fsp3) is 0.757. The van der Waals surface area contributed by atoms with Gasteiger partial charge in [-0.05, 0) is 133 Å². The van der Waals surface area contributed by atoms with Crippen LogP contribution < -0.4 is 4.74 Å². The topological polar surface area (TPSA) is 63.2 Å². The molecule has 3 aliphatic carbocycles. The zero-order valence-electron chi connectivity index (χ0n) is 26.9. The minimum absolute atomic E-state index is 0.0401. The Morgan fingerprint density at radius 2 is 1.37 bits per heavy atom. The van der Waals surface area contributed by atoms with Gasteiger partial charge in [-0.3, -0.25) is 4.79 Å². The van der Waals surface area contributed by atoms with Crippen LogP contribution in [0.4, 0.5) is 0 Å². The Hall–Kier alpha value is -1.76. The maximum atomic E-state index is 12.9. The quantitative estimate of drug-likeness (QED) is 0.0553. The number of carbonyl (C=O) groups is 1. The normalized spacial score (nSPS) is 27.9. The Bertz CT molecular complexity index is 864. The molecule has 0 aromatic heterocycles. The van der Waals surface area contributed by atoms with Crippen LogP contribution in [-0.4, -0.2) is 44.6 Å². The number of ether oxygens (including phenoxy) is 3. The molecular weight excluding hydrogens is 540 g/mol. The molecule has 0 radical (unpaired) electrons. The van der Waals surface area contributed by atoms with E-state index >= 15 is 0 Å². The highest BCUT2D eigenvalue weighted by Gasteiger charge is 2.34. The van der Waals surface area contributed by atoms with Gasteiger partial charge in [0.05, 0.1) is 31.8 Å². The van der Waals surface area contributed by atoms with E-state index in [2.05, 4.69) is 38.1 Å². The van der Waals surface area contributed by atoms with Gasteiger partial charge in [-0.15, -0.1) is 12.8 Å². The summed E-state index contributed by atoms with van der Waals surface area (Å²) in [6, 6.07) is 8.29. The number of esters is 1. The van der Waals surface area contributed by atoms with Crippen molar-refractivity contribution in [1.29, 1.82) is 0 Å². The molecule has 6 nitrogen and oxygen atoms in total. The first-order valence-electron chi connectivity index (χ1n) is 17.5. The van der Waals surface area contributed by atoms with Crippen molar-refractivity contribution in [2.45, 2.75) is 128 Å². The van der Waals surface area contributed by atoms with Gasteiger partial charge >= 0.3 is 5.97 Å². The van der Waals surface area contributed by atoms with Gasteiger partial charge in [0.25, 0.3) is 0 Å². The summed E-state index contributed by atoms with van der Waals surface area (Å²) in [5.41, 5.74) is 1.27. The Balaban J connectivity index is 0.974. The van der Waals surface area contributed by atoms with Crippen LogP contribution in [0.15, 0.2) is 24.3 Å². The Kier molecular flexibility index (Phi) is 15.5. The van der Waals surface area contributed by atoms with Crippen LogP contribution in [0, 0.1) is 43.9 Å². The molecule has 3 fully saturated rings. The predicted octanol–water partition coefficient (Wildman–Crippen LogP) is 8.79. The molecule has 6 heteroatoms. The van der Waals surface area contributed by atoms with E-state index in [0.717, 1.165) is 88.6 Å². The molecule has 0 spiro atoms. The Morgan fingerprint density at radius 1 is 0.744 bits per heavy atom. The first kappa shape index (κ1) is 34.1. The van der Waals surface area contributed by atoms with Crippen molar-refractivity contribution in [3.05, 3.63) is 43.2 Å². The lowest BCUT2D eigenvalue weighted by Crippen LogP contribution is -2.33. The van der Waals surface area contributed by atoms with E-state index < -0.39 is 0 Å². The van der Waals surface area contributed by atoms with Gasteiger partial charge in [-0.2, -0.15) is 0 Å². The van der Waals surface area contributed by atoms with Crippen molar-refractivity contribution in [1.82, 2.24) is 0 Å². The zero-order valence-corrected chi connectivity index (χ0v) is 26.9. The number of hydrogen-bond acceptors (Lipinski definition) is 6. The van der Waals surface area contributed by atoms with Crippen LogP contribution in [0.1, 0.15) is 115 Å². The first-order chi connectivity index (χ1) is 21.1. The third-order valence-corrected chi connectivity index (χ3v) is 10.0. The maximum absolute atomic E-state index is 12.9. The zero-order chi connectivity index (χ0) is 30.1. The Morgan fingerprint density at radius 3 is 2.02 bits per heavy atom. The highest BCUT2D eigenvalue weighted by Crippen LogP contribution is 2.40. The van der Waals surface area contributed by atoms with Gasteiger partial charge < -0.3 is 14.2 Å². The molecule has 0 N–H and O–H groups in total. The minimum atomic E-state index is 0.0401. The van der Waals surface area contributed by atoms with Crippen LogP contribution in [0.2, 0.25) is 0 Å². The minimum Gasteiger partial charge on any atom is -0.494 e. The smallest absolute Gasteiger partial charge is 0.309 e. The van der Waals surface area contributed by atoms with Gasteiger partial charge in [0.1, 0.15) is 11.9 Å². The summed E-state index contributed by atoms with van der Waals surface area (Å²) in [4.78, 5) is 23.4. The molecule has 0 heterocycles. The monoisotopic (exact) mass is 598 g/mol. The van der Waals surface area contributed by atoms with Crippen LogP contribution in [-0.2, 0) is 24.0 Å². The average Bonchev–Trinajstić information content (AvgIpc) is 3.04. The van der Waals surface area contributed by atoms with Crippen LogP contribution in [0.3, 0.4) is 0 Å². The van der Waals surface area contributed by atoms with E-state index in [1.807, 2.05) is 6.42 Å². The highest BCUT2D eigenvalue weighted by molar-refractivity contribution is 5.72. The van der Waals surface area contributed by atoms with E-state index in [4.69, 9.17) is 24.0 Å². The van der Waals surface area contributed by atoms with Crippen molar-refractivity contribution in [2.24, 2.45) is 23.7 Å². The average molecular weight is 599 g/mol. The molecule has 1 aromatic carbocycles. The maximum Gasteiger partial charge on any atom is 0.309 e. The lowest BCUT2D eigenvalue weighted by molar-refractivity contribution is -0.301. The fourth-order valence-electron chi connectivity index (χ4n) is 7.20. The predicted molar refractivity (Wildman–Crippen MR) is 170 cm³/mol. The molecule has 0 aliphatic heterocycles. The number of unbranched alkanes of at least 4 members (excludes halogenated alkanes) is 4. The van der Waals surface area contributed by atoms with Gasteiger partial charge in [0.15, 0.2) is 0 Å². The summed E-state index contributed by atoms with van der Waals surface area (Å²) in [6.45, 7) is 8.63. The largest absolute Gasteiger partial charge is 0.494 e. The number of aryl methyl sites for hydroxylation is 1. The molecule has 3 aliphatic rings.